The zero-order valence-corrected chi connectivity index (χ0v) is 12.3. The van der Waals surface area contributed by atoms with Crippen LogP contribution in [-0.4, -0.2) is 26.0 Å². The lowest BCUT2D eigenvalue weighted by atomic mass is 9.99. The molecule has 1 atom stereocenters. The van der Waals surface area contributed by atoms with Crippen molar-refractivity contribution in [2.75, 3.05) is 25.0 Å². The van der Waals surface area contributed by atoms with Gasteiger partial charge in [0.2, 0.25) is 5.91 Å². The number of fused-ring (bicyclic) bond motifs is 2. The average Bonchev–Trinajstić information content (AvgIpc) is 3.08. The summed E-state index contributed by atoms with van der Waals surface area (Å²) in [7, 11) is 1.89. The van der Waals surface area contributed by atoms with Crippen LogP contribution >= 0.6 is 12.4 Å². The second kappa shape index (κ2) is 5.14. The first-order valence-corrected chi connectivity index (χ1v) is 6.73. The number of benzene rings is 1. The maximum Gasteiger partial charge on any atom is 0.231 e. The van der Waals surface area contributed by atoms with E-state index >= 15 is 0 Å². The molecule has 0 bridgehead atoms. The van der Waals surface area contributed by atoms with Crippen LogP contribution < -0.4 is 10.2 Å². The van der Waals surface area contributed by atoms with Crippen LogP contribution in [0.15, 0.2) is 24.3 Å². The van der Waals surface area contributed by atoms with Crippen LogP contribution in [0.4, 0.5) is 5.69 Å². The summed E-state index contributed by atoms with van der Waals surface area (Å²) in [4.78, 5) is 14.5. The van der Waals surface area contributed by atoms with Gasteiger partial charge in [-0.3, -0.25) is 4.79 Å². The average molecular weight is 281 g/mol. The van der Waals surface area contributed by atoms with Crippen LogP contribution in [0.5, 0.6) is 0 Å². The van der Waals surface area contributed by atoms with Crippen molar-refractivity contribution in [3.05, 3.63) is 29.8 Å². The van der Waals surface area contributed by atoms with Gasteiger partial charge < -0.3 is 10.2 Å². The zero-order chi connectivity index (χ0) is 12.8. The van der Waals surface area contributed by atoms with E-state index in [0.717, 1.165) is 18.8 Å². The molecule has 1 heterocycles. The van der Waals surface area contributed by atoms with Crippen molar-refractivity contribution in [1.29, 1.82) is 0 Å². The Hall–Kier alpha value is -1.06. The van der Waals surface area contributed by atoms with E-state index in [4.69, 9.17) is 0 Å². The van der Waals surface area contributed by atoms with Crippen LogP contribution in [0.2, 0.25) is 0 Å². The van der Waals surface area contributed by atoms with Gasteiger partial charge in [0.15, 0.2) is 0 Å². The Morgan fingerprint density at radius 3 is 2.74 bits per heavy atom. The monoisotopic (exact) mass is 280 g/mol. The van der Waals surface area contributed by atoms with Crippen LogP contribution in [0.1, 0.15) is 25.3 Å². The van der Waals surface area contributed by atoms with Gasteiger partial charge in [-0.2, -0.15) is 0 Å². The minimum absolute atomic E-state index is 0. The number of anilines is 1. The zero-order valence-electron chi connectivity index (χ0n) is 11.5. The van der Waals surface area contributed by atoms with E-state index in [0.29, 0.717) is 5.41 Å². The number of nitrogens with one attached hydrogen (secondary N) is 1. The topological polar surface area (TPSA) is 32.3 Å². The molecule has 4 heteroatoms. The van der Waals surface area contributed by atoms with Crippen LogP contribution in [-0.2, 0) is 10.2 Å². The summed E-state index contributed by atoms with van der Waals surface area (Å²) in [5, 5.41) is 3.08. The molecule has 104 valence electrons. The summed E-state index contributed by atoms with van der Waals surface area (Å²) >= 11 is 0. The molecule has 1 spiro atoms. The van der Waals surface area contributed by atoms with Crippen LogP contribution in [0.3, 0.4) is 0 Å². The lowest BCUT2D eigenvalue weighted by Crippen LogP contribution is -2.38. The van der Waals surface area contributed by atoms with E-state index in [1.165, 1.54) is 18.4 Å². The van der Waals surface area contributed by atoms with Gasteiger partial charge in [-0.05, 0) is 31.5 Å². The Morgan fingerprint density at radius 1 is 1.42 bits per heavy atom. The third-order valence-corrected chi connectivity index (χ3v) is 4.28. The van der Waals surface area contributed by atoms with Gasteiger partial charge >= 0.3 is 0 Å². The van der Waals surface area contributed by atoms with Crippen molar-refractivity contribution in [3.63, 3.8) is 0 Å². The van der Waals surface area contributed by atoms with Gasteiger partial charge in [0.25, 0.3) is 0 Å². The van der Waals surface area contributed by atoms with Crippen molar-refractivity contribution in [2.24, 2.45) is 5.92 Å². The summed E-state index contributed by atoms with van der Waals surface area (Å²) in [6.07, 6.45) is 2.46. The fourth-order valence-electron chi connectivity index (χ4n) is 3.06. The predicted molar refractivity (Wildman–Crippen MR) is 80.0 cm³/mol. The quantitative estimate of drug-likeness (QED) is 0.922. The summed E-state index contributed by atoms with van der Waals surface area (Å²) in [6, 6.07) is 8.40. The van der Waals surface area contributed by atoms with Crippen molar-refractivity contribution in [1.82, 2.24) is 5.32 Å². The highest BCUT2D eigenvalue weighted by atomic mass is 35.5. The molecule has 1 aromatic rings. The molecule has 1 saturated carbocycles. The van der Waals surface area contributed by atoms with Crippen molar-refractivity contribution < 1.29 is 4.79 Å². The largest absolute Gasteiger partial charge is 0.319 e. The number of amides is 1. The number of para-hydroxylation sites is 1. The van der Waals surface area contributed by atoms with Crippen molar-refractivity contribution in [3.8, 4) is 0 Å². The lowest BCUT2D eigenvalue weighted by Gasteiger charge is -2.22. The normalized spacial score (nSPS) is 19.8. The van der Waals surface area contributed by atoms with Crippen molar-refractivity contribution in [2.45, 2.75) is 25.2 Å². The van der Waals surface area contributed by atoms with Crippen LogP contribution in [0, 0.1) is 5.92 Å². The van der Waals surface area contributed by atoms with Gasteiger partial charge in [0.1, 0.15) is 0 Å². The standard InChI is InChI=1S/C15H20N2O.ClH/c1-11(9-16-2)14(18)17-10-15(7-8-15)12-5-3-4-6-13(12)17;/h3-6,11,16H,7-10H2,1-2H3;1H. The molecule has 1 fully saturated rings. The highest BCUT2D eigenvalue weighted by Crippen LogP contribution is 2.56. The molecular formula is C15H21ClN2O. The number of nitrogens with zero attached hydrogens (tertiary/aromatic N) is 1. The number of halogens is 1. The predicted octanol–water partition coefficient (Wildman–Crippen LogP) is 2.34. The number of hydrogen-bond donors (Lipinski definition) is 1. The molecular weight excluding hydrogens is 260 g/mol. The first-order valence-electron chi connectivity index (χ1n) is 6.73. The number of carbonyl (C=O) groups is 1. The molecule has 0 saturated heterocycles. The summed E-state index contributed by atoms with van der Waals surface area (Å²) < 4.78 is 0. The van der Waals surface area contributed by atoms with Crippen molar-refractivity contribution >= 4 is 24.0 Å². The lowest BCUT2D eigenvalue weighted by molar-refractivity contribution is -0.121. The molecule has 1 aromatic carbocycles. The van der Waals surface area contributed by atoms with Gasteiger partial charge in [-0.25, -0.2) is 0 Å². The Balaban J connectivity index is 0.00000133. The molecule has 19 heavy (non-hydrogen) atoms. The fourth-order valence-corrected chi connectivity index (χ4v) is 3.06. The van der Waals surface area contributed by atoms with E-state index in [2.05, 4.69) is 23.5 Å². The Labute approximate surface area is 120 Å². The second-order valence-corrected chi connectivity index (χ2v) is 5.68. The first-order chi connectivity index (χ1) is 8.68. The highest BCUT2D eigenvalue weighted by Gasteiger charge is 2.52. The maximum absolute atomic E-state index is 12.5. The summed E-state index contributed by atoms with van der Waals surface area (Å²) in [5.41, 5.74) is 2.82. The number of rotatable bonds is 3. The van der Waals surface area contributed by atoms with E-state index in [9.17, 15) is 4.79 Å². The Bertz CT molecular complexity index is 485. The van der Waals surface area contributed by atoms with E-state index in [1.807, 2.05) is 24.9 Å². The molecule has 0 radical (unpaired) electrons. The molecule has 1 aliphatic heterocycles. The van der Waals surface area contributed by atoms with E-state index in [1.54, 1.807) is 0 Å². The molecule has 2 aliphatic rings. The van der Waals surface area contributed by atoms with E-state index in [-0.39, 0.29) is 24.2 Å². The van der Waals surface area contributed by atoms with Gasteiger partial charge in [-0.15, -0.1) is 12.4 Å². The Morgan fingerprint density at radius 2 is 2.11 bits per heavy atom. The number of carbonyl (C=O) groups excluding carboxylic acids is 1. The SMILES string of the molecule is CNCC(C)C(=O)N1CC2(CC2)c2ccccc21.Cl. The third kappa shape index (κ3) is 2.26. The molecule has 1 aliphatic carbocycles. The Kier molecular flexibility index (Phi) is 3.88. The molecule has 3 rings (SSSR count). The second-order valence-electron chi connectivity index (χ2n) is 5.68. The molecule has 3 nitrogen and oxygen atoms in total. The molecule has 0 aromatic heterocycles. The fraction of sp³-hybridized carbons (Fsp3) is 0.533. The smallest absolute Gasteiger partial charge is 0.231 e. The molecule has 1 amide bonds. The van der Waals surface area contributed by atoms with Gasteiger partial charge in [-0.1, -0.05) is 25.1 Å². The first kappa shape index (κ1) is 14.4. The van der Waals surface area contributed by atoms with E-state index < -0.39 is 0 Å². The number of hydrogen-bond acceptors (Lipinski definition) is 2. The van der Waals surface area contributed by atoms with Gasteiger partial charge in [0.05, 0.1) is 0 Å². The minimum Gasteiger partial charge on any atom is -0.319 e. The third-order valence-electron chi connectivity index (χ3n) is 4.28. The highest BCUT2D eigenvalue weighted by molar-refractivity contribution is 5.98. The van der Waals surface area contributed by atoms with Gasteiger partial charge in [0, 0.05) is 30.1 Å². The summed E-state index contributed by atoms with van der Waals surface area (Å²) in [6.45, 7) is 3.63. The molecule has 1 unspecified atom stereocenters. The minimum atomic E-state index is 0. The summed E-state index contributed by atoms with van der Waals surface area (Å²) in [5.74, 6) is 0.289. The van der Waals surface area contributed by atoms with Crippen LogP contribution in [0.25, 0.3) is 0 Å². The molecule has 1 N–H and O–H groups in total. The maximum atomic E-state index is 12.5.